The molecule has 2 amide bonds. The first-order chi connectivity index (χ1) is 14.0. The zero-order chi connectivity index (χ0) is 20.4. The molecule has 1 atom stereocenters. The van der Waals surface area contributed by atoms with E-state index in [4.69, 9.17) is 0 Å². The summed E-state index contributed by atoms with van der Waals surface area (Å²) in [5, 5.41) is 0. The maximum Gasteiger partial charge on any atom is 0.226 e. The van der Waals surface area contributed by atoms with Crippen molar-refractivity contribution in [2.75, 3.05) is 13.1 Å². The molecule has 156 valence electrons. The van der Waals surface area contributed by atoms with Crippen LogP contribution in [0.25, 0.3) is 0 Å². The van der Waals surface area contributed by atoms with Gasteiger partial charge in [0.2, 0.25) is 11.8 Å². The van der Waals surface area contributed by atoms with Crippen molar-refractivity contribution in [1.29, 1.82) is 0 Å². The predicted octanol–water partition coefficient (Wildman–Crippen LogP) is 3.12. The Hall–Kier alpha value is -2.50. The molecule has 2 aliphatic heterocycles. The van der Waals surface area contributed by atoms with Crippen molar-refractivity contribution in [3.63, 3.8) is 0 Å². The fourth-order valence-electron chi connectivity index (χ4n) is 4.65. The molecule has 2 aromatic rings. The number of aromatic nitrogens is 2. The molecular formula is C23H32N4O2. The van der Waals surface area contributed by atoms with Crippen LogP contribution in [0.5, 0.6) is 0 Å². The van der Waals surface area contributed by atoms with Crippen LogP contribution in [0.1, 0.15) is 44.5 Å². The third-order valence-corrected chi connectivity index (χ3v) is 6.25. The van der Waals surface area contributed by atoms with Gasteiger partial charge >= 0.3 is 0 Å². The van der Waals surface area contributed by atoms with E-state index in [-0.39, 0.29) is 17.7 Å². The molecule has 0 bridgehead atoms. The lowest BCUT2D eigenvalue weighted by Crippen LogP contribution is -2.42. The third kappa shape index (κ3) is 4.41. The lowest BCUT2D eigenvalue weighted by molar-refractivity contribution is -0.138. The van der Waals surface area contributed by atoms with Gasteiger partial charge in [0.1, 0.15) is 0 Å². The average molecular weight is 397 g/mol. The SMILES string of the molecule is CC(C)CC(CCC(=O)N1CCn2cccc2C1)C(=O)N1CCn2cccc2C1. The molecule has 0 aromatic carbocycles. The van der Waals surface area contributed by atoms with E-state index >= 15 is 0 Å². The van der Waals surface area contributed by atoms with Crippen LogP contribution in [-0.2, 0) is 35.8 Å². The molecule has 2 aromatic heterocycles. The highest BCUT2D eigenvalue weighted by molar-refractivity contribution is 5.81. The van der Waals surface area contributed by atoms with Crippen molar-refractivity contribution in [3.8, 4) is 0 Å². The molecular weight excluding hydrogens is 364 g/mol. The first-order valence-corrected chi connectivity index (χ1v) is 10.9. The lowest BCUT2D eigenvalue weighted by Gasteiger charge is -2.33. The Morgan fingerprint density at radius 3 is 2.10 bits per heavy atom. The molecule has 1 unspecified atom stereocenters. The van der Waals surface area contributed by atoms with Gasteiger partial charge in [-0.15, -0.1) is 0 Å². The fraction of sp³-hybridized carbons (Fsp3) is 0.565. The number of amides is 2. The first-order valence-electron chi connectivity index (χ1n) is 10.9. The number of fused-ring (bicyclic) bond motifs is 2. The summed E-state index contributed by atoms with van der Waals surface area (Å²) in [6.45, 7) is 8.89. The minimum Gasteiger partial charge on any atom is -0.348 e. The van der Waals surface area contributed by atoms with Gasteiger partial charge in [0.15, 0.2) is 0 Å². The van der Waals surface area contributed by atoms with Crippen LogP contribution < -0.4 is 0 Å². The Morgan fingerprint density at radius 2 is 1.48 bits per heavy atom. The van der Waals surface area contributed by atoms with Crippen molar-refractivity contribution in [2.24, 2.45) is 11.8 Å². The second-order valence-electron chi connectivity index (χ2n) is 8.83. The van der Waals surface area contributed by atoms with Crippen molar-refractivity contribution in [2.45, 2.75) is 59.3 Å². The summed E-state index contributed by atoms with van der Waals surface area (Å²) in [5.41, 5.74) is 2.39. The van der Waals surface area contributed by atoms with Gasteiger partial charge in [-0.1, -0.05) is 13.8 Å². The van der Waals surface area contributed by atoms with E-state index in [1.54, 1.807) is 0 Å². The van der Waals surface area contributed by atoms with Crippen LogP contribution >= 0.6 is 0 Å². The van der Waals surface area contributed by atoms with Gasteiger partial charge < -0.3 is 18.9 Å². The van der Waals surface area contributed by atoms with Crippen LogP contribution in [-0.4, -0.2) is 43.8 Å². The molecule has 4 heterocycles. The predicted molar refractivity (Wildman–Crippen MR) is 112 cm³/mol. The molecule has 6 nitrogen and oxygen atoms in total. The Balaban J connectivity index is 1.36. The maximum absolute atomic E-state index is 13.3. The smallest absolute Gasteiger partial charge is 0.226 e. The molecule has 2 aliphatic rings. The Labute approximate surface area is 173 Å². The quantitative estimate of drug-likeness (QED) is 0.753. The second kappa shape index (κ2) is 8.47. The van der Waals surface area contributed by atoms with Crippen molar-refractivity contribution < 1.29 is 9.59 Å². The largest absolute Gasteiger partial charge is 0.348 e. The van der Waals surface area contributed by atoms with Gasteiger partial charge in [0.05, 0.1) is 13.1 Å². The van der Waals surface area contributed by atoms with Gasteiger partial charge in [-0.2, -0.15) is 0 Å². The van der Waals surface area contributed by atoms with E-state index in [9.17, 15) is 9.59 Å². The van der Waals surface area contributed by atoms with Crippen LogP contribution in [0.4, 0.5) is 0 Å². The Morgan fingerprint density at radius 1 is 0.897 bits per heavy atom. The summed E-state index contributed by atoms with van der Waals surface area (Å²) in [5.74, 6) is 0.748. The number of hydrogen-bond donors (Lipinski definition) is 0. The number of carbonyl (C=O) groups excluding carboxylic acids is 2. The summed E-state index contributed by atoms with van der Waals surface area (Å²) in [6, 6.07) is 8.25. The molecule has 0 saturated heterocycles. The van der Waals surface area contributed by atoms with Gasteiger partial charge in [0, 0.05) is 62.3 Å². The minimum atomic E-state index is -0.0749. The number of carbonyl (C=O) groups is 2. The zero-order valence-corrected chi connectivity index (χ0v) is 17.6. The Bertz CT molecular complexity index is 866. The van der Waals surface area contributed by atoms with E-state index in [2.05, 4.69) is 47.5 Å². The number of hydrogen-bond acceptors (Lipinski definition) is 2. The van der Waals surface area contributed by atoms with E-state index in [1.165, 1.54) is 11.4 Å². The first kappa shape index (κ1) is 19.8. The highest BCUT2D eigenvalue weighted by Crippen LogP contribution is 2.24. The third-order valence-electron chi connectivity index (χ3n) is 6.25. The fourth-order valence-corrected chi connectivity index (χ4v) is 4.65. The number of rotatable bonds is 6. The Kier molecular flexibility index (Phi) is 5.79. The van der Waals surface area contributed by atoms with E-state index in [0.29, 0.717) is 31.8 Å². The normalized spacial score (nSPS) is 17.2. The average Bonchev–Trinajstić information content (AvgIpc) is 3.37. The topological polar surface area (TPSA) is 50.5 Å². The van der Waals surface area contributed by atoms with E-state index in [0.717, 1.165) is 32.6 Å². The van der Waals surface area contributed by atoms with E-state index < -0.39 is 0 Å². The summed E-state index contributed by atoms with van der Waals surface area (Å²) in [4.78, 5) is 30.0. The van der Waals surface area contributed by atoms with Crippen molar-refractivity contribution in [3.05, 3.63) is 48.0 Å². The summed E-state index contributed by atoms with van der Waals surface area (Å²) >= 11 is 0. The highest BCUT2D eigenvalue weighted by atomic mass is 16.2. The number of nitrogens with zero attached hydrogens (tertiary/aromatic N) is 4. The van der Waals surface area contributed by atoms with Crippen LogP contribution in [0.2, 0.25) is 0 Å². The zero-order valence-electron chi connectivity index (χ0n) is 17.6. The summed E-state index contributed by atoms with van der Waals surface area (Å²) < 4.78 is 4.43. The molecule has 4 rings (SSSR count). The lowest BCUT2D eigenvalue weighted by atomic mass is 9.91. The molecule has 0 aliphatic carbocycles. The van der Waals surface area contributed by atoms with Crippen LogP contribution in [0.3, 0.4) is 0 Å². The van der Waals surface area contributed by atoms with E-state index in [1.807, 2.05) is 21.9 Å². The van der Waals surface area contributed by atoms with Crippen LogP contribution in [0.15, 0.2) is 36.7 Å². The molecule has 6 heteroatoms. The van der Waals surface area contributed by atoms with Crippen molar-refractivity contribution in [1.82, 2.24) is 18.9 Å². The maximum atomic E-state index is 13.3. The van der Waals surface area contributed by atoms with Crippen LogP contribution in [0, 0.1) is 11.8 Å². The highest BCUT2D eigenvalue weighted by Gasteiger charge is 2.29. The van der Waals surface area contributed by atoms with Gasteiger partial charge in [-0.25, -0.2) is 0 Å². The molecule has 0 spiro atoms. The monoisotopic (exact) mass is 396 g/mol. The molecule has 29 heavy (non-hydrogen) atoms. The molecule has 0 radical (unpaired) electrons. The molecule has 0 saturated carbocycles. The van der Waals surface area contributed by atoms with Crippen molar-refractivity contribution >= 4 is 11.8 Å². The summed E-state index contributed by atoms with van der Waals surface area (Å²) in [7, 11) is 0. The molecule has 0 fully saturated rings. The molecule has 0 N–H and O–H groups in total. The standard InChI is InChI=1S/C23H32N4O2/c1-18(2)15-19(23(29)27-14-12-25-10-4-6-21(25)17-27)7-8-22(28)26-13-11-24-9-3-5-20(24)16-26/h3-6,9-10,18-19H,7-8,11-17H2,1-2H3. The minimum absolute atomic E-state index is 0.0749. The van der Waals surface area contributed by atoms with Gasteiger partial charge in [0.25, 0.3) is 0 Å². The summed E-state index contributed by atoms with van der Waals surface area (Å²) in [6.07, 6.45) is 6.09. The second-order valence-corrected chi connectivity index (χ2v) is 8.83. The van der Waals surface area contributed by atoms with Gasteiger partial charge in [-0.05, 0) is 43.0 Å². The van der Waals surface area contributed by atoms with Gasteiger partial charge in [-0.3, -0.25) is 9.59 Å².